The molecule has 0 atom stereocenters. The molecule has 0 bridgehead atoms. The van der Waals surface area contributed by atoms with E-state index in [2.05, 4.69) is 27.8 Å². The molecule has 0 aromatic rings. The molecule has 0 rings (SSSR count). The van der Waals surface area contributed by atoms with Crippen LogP contribution in [0.25, 0.3) is 0 Å². The molecule has 0 heterocycles. The summed E-state index contributed by atoms with van der Waals surface area (Å²) in [6, 6.07) is 0. The minimum absolute atomic E-state index is 0. The molecule has 0 saturated carbocycles. The highest BCUT2D eigenvalue weighted by Crippen LogP contribution is 2.17. The average Bonchev–Trinajstić information content (AvgIpc) is 2.77. The van der Waals surface area contributed by atoms with Gasteiger partial charge in [0.1, 0.15) is 0 Å². The van der Waals surface area contributed by atoms with Gasteiger partial charge in [0.15, 0.2) is 0 Å². The number of hydrogen-bond donors (Lipinski definition) is 0. The minimum Gasteiger partial charge on any atom is -1.00 e. The van der Waals surface area contributed by atoms with Crippen molar-refractivity contribution in [3.63, 3.8) is 0 Å². The highest BCUT2D eigenvalue weighted by molar-refractivity contribution is 4.52. The molecule has 2 heteroatoms. The Morgan fingerprint density at radius 2 is 0.500 bits per heavy atom. The van der Waals surface area contributed by atoms with Crippen LogP contribution in [0.1, 0.15) is 168 Å². The Morgan fingerprint density at radius 3 is 0.719 bits per heavy atom. The maximum atomic E-state index is 2.58. The normalized spacial score (nSPS) is 11.6. The Labute approximate surface area is 211 Å². The molecule has 32 heavy (non-hydrogen) atoms. The third-order valence-electron chi connectivity index (χ3n) is 7.40. The molecule has 0 N–H and O–H groups in total. The number of halogens is 1. The van der Waals surface area contributed by atoms with E-state index in [9.17, 15) is 0 Å². The molecule has 0 amide bonds. The zero-order valence-electron chi connectivity index (χ0n) is 23.2. The van der Waals surface area contributed by atoms with E-state index in [1.165, 1.54) is 172 Å². The predicted octanol–water partition coefficient (Wildman–Crippen LogP) is 7.47. The lowest BCUT2D eigenvalue weighted by Crippen LogP contribution is -3.00. The maximum absolute atomic E-state index is 2.58. The van der Waals surface area contributed by atoms with Gasteiger partial charge in [-0.05, 0) is 38.5 Å². The fourth-order valence-corrected chi connectivity index (χ4v) is 5.04. The topological polar surface area (TPSA) is 0 Å². The maximum Gasteiger partial charge on any atom is 0.0784 e. The molecule has 0 aromatic heterocycles. The van der Waals surface area contributed by atoms with Crippen LogP contribution in [0, 0.1) is 0 Å². The van der Waals surface area contributed by atoms with Gasteiger partial charge >= 0.3 is 0 Å². The largest absolute Gasteiger partial charge is 1.00 e. The van der Waals surface area contributed by atoms with Crippen molar-refractivity contribution in [2.45, 2.75) is 168 Å². The van der Waals surface area contributed by atoms with Gasteiger partial charge in [0.2, 0.25) is 0 Å². The third-order valence-corrected chi connectivity index (χ3v) is 7.40. The average molecular weight is 474 g/mol. The van der Waals surface area contributed by atoms with Crippen LogP contribution in [0.5, 0.6) is 0 Å². The fourth-order valence-electron chi connectivity index (χ4n) is 5.04. The highest BCUT2D eigenvalue weighted by Gasteiger charge is 2.20. The van der Waals surface area contributed by atoms with Crippen molar-refractivity contribution in [3.8, 4) is 0 Å². The van der Waals surface area contributed by atoms with Gasteiger partial charge in [0.25, 0.3) is 0 Å². The van der Waals surface area contributed by atoms with Gasteiger partial charge in [0, 0.05) is 0 Å². The number of nitrogens with zero attached hydrogens (tertiary/aromatic N) is 1. The Bertz CT molecular complexity index is 311. The van der Waals surface area contributed by atoms with Gasteiger partial charge in [-0.25, -0.2) is 0 Å². The zero-order valence-corrected chi connectivity index (χ0v) is 24.0. The summed E-state index contributed by atoms with van der Waals surface area (Å²) < 4.78 is 1.36. The Morgan fingerprint density at radius 1 is 0.312 bits per heavy atom. The van der Waals surface area contributed by atoms with E-state index in [0.29, 0.717) is 0 Å². The van der Waals surface area contributed by atoms with Gasteiger partial charge < -0.3 is 16.9 Å². The summed E-state index contributed by atoms with van der Waals surface area (Å²) in [7, 11) is 2.58. The van der Waals surface area contributed by atoms with E-state index in [1.54, 1.807) is 0 Å². The lowest BCUT2D eigenvalue weighted by atomic mass is 10.1. The van der Waals surface area contributed by atoms with Crippen LogP contribution >= 0.6 is 0 Å². The molecule has 196 valence electrons. The molecule has 0 aliphatic heterocycles. The molecule has 0 fully saturated rings. The second-order valence-electron chi connectivity index (χ2n) is 10.9. The zero-order chi connectivity index (χ0) is 22.9. The lowest BCUT2D eigenvalue weighted by molar-refractivity contribution is -0.910. The number of hydrogen-bond acceptors (Lipinski definition) is 0. The first-order valence-corrected chi connectivity index (χ1v) is 15.0. The van der Waals surface area contributed by atoms with E-state index < -0.39 is 0 Å². The summed E-state index contributed by atoms with van der Waals surface area (Å²) in [6.07, 6.45) is 33.3. The van der Waals surface area contributed by atoms with Crippen molar-refractivity contribution < 1.29 is 16.9 Å². The number of quaternary nitrogens is 1. The fraction of sp³-hybridized carbons (Fsp3) is 1.00. The molecule has 0 unspecified atom stereocenters. The lowest BCUT2D eigenvalue weighted by Gasteiger charge is -2.35. The van der Waals surface area contributed by atoms with Crippen LogP contribution in [0.2, 0.25) is 0 Å². The molecular formula is C30H64ClN. The Balaban J connectivity index is 0. The first kappa shape index (κ1) is 34.4. The van der Waals surface area contributed by atoms with E-state index in [0.717, 1.165) is 0 Å². The van der Waals surface area contributed by atoms with Crippen LogP contribution in [-0.2, 0) is 0 Å². The first-order valence-electron chi connectivity index (χ1n) is 15.0. The van der Waals surface area contributed by atoms with Gasteiger partial charge in [-0.15, -0.1) is 0 Å². The highest BCUT2D eigenvalue weighted by atomic mass is 35.5. The van der Waals surface area contributed by atoms with Gasteiger partial charge in [-0.3, -0.25) is 0 Å². The monoisotopic (exact) mass is 473 g/mol. The van der Waals surface area contributed by atoms with E-state index in [-0.39, 0.29) is 12.4 Å². The van der Waals surface area contributed by atoms with Crippen molar-refractivity contribution in [3.05, 3.63) is 0 Å². The molecule has 0 spiro atoms. The quantitative estimate of drug-likeness (QED) is 0.0902. The molecule has 0 radical (unpaired) electrons. The molecular weight excluding hydrogens is 410 g/mol. The van der Waals surface area contributed by atoms with Crippen LogP contribution < -0.4 is 12.4 Å². The van der Waals surface area contributed by atoms with E-state index >= 15 is 0 Å². The molecule has 0 saturated heterocycles. The summed E-state index contributed by atoms with van der Waals surface area (Å²) in [4.78, 5) is 0. The predicted molar refractivity (Wildman–Crippen MR) is 144 cm³/mol. The Hall–Kier alpha value is 0.250. The van der Waals surface area contributed by atoms with E-state index in [4.69, 9.17) is 0 Å². The Kier molecular flexibility index (Phi) is 29.6. The summed E-state index contributed by atoms with van der Waals surface area (Å²) in [5, 5.41) is 0. The molecule has 0 aliphatic carbocycles. The van der Waals surface area contributed by atoms with Crippen LogP contribution in [0.3, 0.4) is 0 Å². The van der Waals surface area contributed by atoms with Gasteiger partial charge in [-0.1, -0.05) is 130 Å². The van der Waals surface area contributed by atoms with Gasteiger partial charge in [-0.2, -0.15) is 0 Å². The van der Waals surface area contributed by atoms with Crippen molar-refractivity contribution in [2.24, 2.45) is 0 Å². The SMILES string of the molecule is CCCCCCCCCC[N+](C)(CCCCCCCCC)CCCCCCCCCC.[Cl-]. The van der Waals surface area contributed by atoms with Crippen molar-refractivity contribution >= 4 is 0 Å². The van der Waals surface area contributed by atoms with Crippen LogP contribution in [0.15, 0.2) is 0 Å². The van der Waals surface area contributed by atoms with Crippen LogP contribution in [0.4, 0.5) is 0 Å². The molecule has 0 aliphatic rings. The molecule has 0 aromatic carbocycles. The van der Waals surface area contributed by atoms with Crippen molar-refractivity contribution in [1.29, 1.82) is 0 Å². The number of unbranched alkanes of at least 4 members (excludes halogenated alkanes) is 20. The second kappa shape index (κ2) is 27.5. The molecule has 1 nitrogen and oxygen atoms in total. The first-order chi connectivity index (χ1) is 15.2. The summed E-state index contributed by atoms with van der Waals surface area (Å²) in [6.45, 7) is 11.2. The number of rotatable bonds is 26. The van der Waals surface area contributed by atoms with Crippen molar-refractivity contribution in [1.82, 2.24) is 0 Å². The van der Waals surface area contributed by atoms with Gasteiger partial charge in [0.05, 0.1) is 26.7 Å². The third kappa shape index (κ3) is 24.9. The van der Waals surface area contributed by atoms with Crippen molar-refractivity contribution in [2.75, 3.05) is 26.7 Å². The summed E-state index contributed by atoms with van der Waals surface area (Å²) >= 11 is 0. The smallest absolute Gasteiger partial charge is 0.0784 e. The summed E-state index contributed by atoms with van der Waals surface area (Å²) in [5.41, 5.74) is 0. The summed E-state index contributed by atoms with van der Waals surface area (Å²) in [5.74, 6) is 0. The van der Waals surface area contributed by atoms with E-state index in [1.807, 2.05) is 0 Å². The second-order valence-corrected chi connectivity index (χ2v) is 10.9. The standard InChI is InChI=1S/C30H64N.ClH/c1-5-8-11-14-17-20-23-26-29-31(4,28-25-22-19-16-13-10-7-3)30-27-24-21-18-15-12-9-6-2;/h5-30H2,1-4H3;1H/q+1;/p-1. The van der Waals surface area contributed by atoms with Crippen LogP contribution in [-0.4, -0.2) is 31.2 Å². The minimum atomic E-state index is 0.